The van der Waals surface area contributed by atoms with E-state index in [2.05, 4.69) is 97.6 Å². The van der Waals surface area contributed by atoms with Gasteiger partial charge in [-0.3, -0.25) is 0 Å². The zero-order chi connectivity index (χ0) is 15.4. The number of rotatable bonds is 4. The molecule has 3 aromatic rings. The number of para-hydroxylation sites is 2. The molecule has 0 N–H and O–H groups in total. The lowest BCUT2D eigenvalue weighted by atomic mass is 10.0. The quantitative estimate of drug-likeness (QED) is 0.566. The van der Waals surface area contributed by atoms with E-state index in [1.807, 2.05) is 0 Å². The fourth-order valence-electron chi connectivity index (χ4n) is 2.82. The van der Waals surface area contributed by atoms with Gasteiger partial charge in [-0.05, 0) is 60.9 Å². The first-order chi connectivity index (χ1) is 10.8. The molecule has 0 saturated carbocycles. The number of nitrogens with zero attached hydrogens (tertiary/aromatic N) is 1. The van der Waals surface area contributed by atoms with Gasteiger partial charge < -0.3 is 4.90 Å². The molecule has 1 heteroatoms. The van der Waals surface area contributed by atoms with Crippen molar-refractivity contribution in [3.05, 3.63) is 90.0 Å². The lowest BCUT2D eigenvalue weighted by molar-refractivity contribution is 1.10. The van der Waals surface area contributed by atoms with Crippen LogP contribution < -0.4 is 4.90 Å². The van der Waals surface area contributed by atoms with E-state index in [0.717, 1.165) is 6.42 Å². The average Bonchev–Trinajstić information content (AvgIpc) is 2.57. The van der Waals surface area contributed by atoms with Gasteiger partial charge in [-0.2, -0.15) is 0 Å². The Morgan fingerprint density at radius 3 is 1.68 bits per heavy atom. The van der Waals surface area contributed by atoms with Crippen LogP contribution in [0, 0.1) is 6.92 Å². The van der Waals surface area contributed by atoms with Crippen LogP contribution in [0.15, 0.2) is 78.9 Å². The molecule has 3 rings (SSSR count). The Balaban J connectivity index is 2.12. The Hall–Kier alpha value is -2.54. The van der Waals surface area contributed by atoms with Gasteiger partial charge in [0.1, 0.15) is 0 Å². The van der Waals surface area contributed by atoms with Gasteiger partial charge in [0.05, 0.1) is 0 Å². The molecule has 0 aliphatic carbocycles. The van der Waals surface area contributed by atoms with Crippen LogP contribution in [0.3, 0.4) is 0 Å². The third-order valence-corrected chi connectivity index (χ3v) is 3.99. The molecule has 110 valence electrons. The smallest absolute Gasteiger partial charge is 0.0464 e. The number of hydrogen-bond donors (Lipinski definition) is 0. The average molecular weight is 287 g/mol. The predicted octanol–water partition coefficient (Wildman–Crippen LogP) is 6.03. The summed E-state index contributed by atoms with van der Waals surface area (Å²) in [5, 5.41) is 0. The molecule has 0 heterocycles. The van der Waals surface area contributed by atoms with Crippen molar-refractivity contribution in [2.24, 2.45) is 0 Å². The van der Waals surface area contributed by atoms with Crippen molar-refractivity contribution < 1.29 is 0 Å². The molecule has 3 aromatic carbocycles. The van der Waals surface area contributed by atoms with Crippen LogP contribution in [-0.2, 0) is 6.42 Å². The molecule has 0 atom stereocenters. The lowest BCUT2D eigenvalue weighted by Crippen LogP contribution is -2.10. The molecule has 0 saturated heterocycles. The molecule has 1 nitrogen and oxygen atoms in total. The van der Waals surface area contributed by atoms with Gasteiger partial charge in [0, 0.05) is 17.1 Å². The van der Waals surface area contributed by atoms with Gasteiger partial charge in [-0.1, -0.05) is 49.4 Å². The van der Waals surface area contributed by atoms with Crippen LogP contribution in [0.5, 0.6) is 0 Å². The van der Waals surface area contributed by atoms with Crippen molar-refractivity contribution in [1.82, 2.24) is 0 Å². The number of hydrogen-bond acceptors (Lipinski definition) is 1. The van der Waals surface area contributed by atoms with E-state index in [9.17, 15) is 0 Å². The summed E-state index contributed by atoms with van der Waals surface area (Å²) in [5.41, 5.74) is 6.31. The highest BCUT2D eigenvalue weighted by Crippen LogP contribution is 2.34. The van der Waals surface area contributed by atoms with E-state index in [4.69, 9.17) is 0 Å². The zero-order valence-corrected chi connectivity index (χ0v) is 13.2. The van der Waals surface area contributed by atoms with Gasteiger partial charge >= 0.3 is 0 Å². The van der Waals surface area contributed by atoms with Crippen LogP contribution in [0.1, 0.15) is 18.1 Å². The summed E-state index contributed by atoms with van der Waals surface area (Å²) in [6.07, 6.45) is 1.07. The van der Waals surface area contributed by atoms with Crippen molar-refractivity contribution in [3.63, 3.8) is 0 Å². The molecule has 22 heavy (non-hydrogen) atoms. The summed E-state index contributed by atoms with van der Waals surface area (Å²) in [5.74, 6) is 0. The van der Waals surface area contributed by atoms with Crippen molar-refractivity contribution >= 4 is 17.1 Å². The van der Waals surface area contributed by atoms with Crippen LogP contribution in [0.25, 0.3) is 0 Å². The third kappa shape index (κ3) is 2.89. The normalized spacial score (nSPS) is 10.5. The van der Waals surface area contributed by atoms with Crippen LogP contribution in [0.4, 0.5) is 17.1 Å². The second-order valence-corrected chi connectivity index (χ2v) is 5.47. The standard InChI is InChI=1S/C21H21N/c1-3-18-14-15-21(16-17(18)2)22(19-10-6-4-7-11-19)20-12-8-5-9-13-20/h4-16H,3H2,1-2H3. The maximum Gasteiger partial charge on any atom is 0.0464 e. The predicted molar refractivity (Wildman–Crippen MR) is 95.2 cm³/mol. The van der Waals surface area contributed by atoms with Crippen LogP contribution in [0.2, 0.25) is 0 Å². The molecule has 0 bridgehead atoms. The molecule has 0 fully saturated rings. The molecule has 0 aromatic heterocycles. The Morgan fingerprint density at radius 1 is 0.682 bits per heavy atom. The number of anilines is 3. The van der Waals surface area contributed by atoms with Gasteiger partial charge in [0.25, 0.3) is 0 Å². The fourth-order valence-corrected chi connectivity index (χ4v) is 2.82. The number of aryl methyl sites for hydroxylation is 2. The van der Waals surface area contributed by atoms with Gasteiger partial charge in [0.15, 0.2) is 0 Å². The fraction of sp³-hybridized carbons (Fsp3) is 0.143. The minimum atomic E-state index is 1.07. The maximum atomic E-state index is 2.30. The highest BCUT2D eigenvalue weighted by atomic mass is 15.1. The van der Waals surface area contributed by atoms with Gasteiger partial charge in [-0.15, -0.1) is 0 Å². The SMILES string of the molecule is CCc1ccc(N(c2ccccc2)c2ccccc2)cc1C. The number of benzene rings is 3. The molecule has 0 amide bonds. The molecule has 0 unspecified atom stereocenters. The monoisotopic (exact) mass is 287 g/mol. The summed E-state index contributed by atoms with van der Waals surface area (Å²) in [7, 11) is 0. The summed E-state index contributed by atoms with van der Waals surface area (Å²) in [6, 6.07) is 27.8. The Labute approximate surface area is 132 Å². The molecule has 0 aliphatic heterocycles. The Bertz CT molecular complexity index is 693. The van der Waals surface area contributed by atoms with Crippen molar-refractivity contribution in [2.45, 2.75) is 20.3 Å². The summed E-state index contributed by atoms with van der Waals surface area (Å²) in [4.78, 5) is 2.30. The first kappa shape index (κ1) is 14.4. The van der Waals surface area contributed by atoms with E-state index in [-0.39, 0.29) is 0 Å². The largest absolute Gasteiger partial charge is 0.310 e. The van der Waals surface area contributed by atoms with Gasteiger partial charge in [-0.25, -0.2) is 0 Å². The maximum absolute atomic E-state index is 2.30. The Kier molecular flexibility index (Phi) is 4.24. The van der Waals surface area contributed by atoms with E-state index < -0.39 is 0 Å². The summed E-state index contributed by atoms with van der Waals surface area (Å²) >= 11 is 0. The second kappa shape index (κ2) is 6.48. The zero-order valence-electron chi connectivity index (χ0n) is 13.2. The van der Waals surface area contributed by atoms with E-state index in [1.54, 1.807) is 0 Å². The van der Waals surface area contributed by atoms with Crippen molar-refractivity contribution in [2.75, 3.05) is 4.90 Å². The molecule has 0 spiro atoms. The van der Waals surface area contributed by atoms with Crippen LogP contribution >= 0.6 is 0 Å². The summed E-state index contributed by atoms with van der Waals surface area (Å²) in [6.45, 7) is 4.39. The minimum Gasteiger partial charge on any atom is -0.310 e. The van der Waals surface area contributed by atoms with Gasteiger partial charge in [0.2, 0.25) is 0 Å². The van der Waals surface area contributed by atoms with Crippen LogP contribution in [-0.4, -0.2) is 0 Å². The first-order valence-corrected chi connectivity index (χ1v) is 7.79. The van der Waals surface area contributed by atoms with E-state index >= 15 is 0 Å². The second-order valence-electron chi connectivity index (χ2n) is 5.47. The van der Waals surface area contributed by atoms with Crippen molar-refractivity contribution in [1.29, 1.82) is 0 Å². The highest BCUT2D eigenvalue weighted by molar-refractivity contribution is 5.76. The third-order valence-electron chi connectivity index (χ3n) is 3.99. The summed E-state index contributed by atoms with van der Waals surface area (Å²) < 4.78 is 0. The molecular weight excluding hydrogens is 266 g/mol. The van der Waals surface area contributed by atoms with E-state index in [0.29, 0.717) is 0 Å². The molecule has 0 aliphatic rings. The first-order valence-electron chi connectivity index (χ1n) is 7.79. The highest BCUT2D eigenvalue weighted by Gasteiger charge is 2.12. The lowest BCUT2D eigenvalue weighted by Gasteiger charge is -2.26. The Morgan fingerprint density at radius 2 is 1.23 bits per heavy atom. The van der Waals surface area contributed by atoms with Crippen molar-refractivity contribution in [3.8, 4) is 0 Å². The minimum absolute atomic E-state index is 1.07. The topological polar surface area (TPSA) is 3.24 Å². The van der Waals surface area contributed by atoms with E-state index in [1.165, 1.54) is 28.2 Å². The molecule has 0 radical (unpaired) electrons. The molecular formula is C21H21N.